The summed E-state index contributed by atoms with van der Waals surface area (Å²) in [5.74, 6) is 0.316. The van der Waals surface area contributed by atoms with Gasteiger partial charge < -0.3 is 10.1 Å². The van der Waals surface area contributed by atoms with Crippen molar-refractivity contribution in [2.24, 2.45) is 0 Å². The predicted molar refractivity (Wildman–Crippen MR) is 133 cm³/mol. The molecule has 0 spiro atoms. The standard InChI is InChI=1S/C24H25N3O4S2/c1-3-31-21-13-9-19(10-14-21)23(28)26-24(32)25-20-11-15-22(16-12-20)33(29,30)27(2)17-18-7-5-4-6-8-18/h4-16H,3,17H2,1-2H3,(H2,25,26,28,32). The number of carbonyl (C=O) groups is 1. The maximum Gasteiger partial charge on any atom is 0.257 e. The largest absolute Gasteiger partial charge is 0.494 e. The highest BCUT2D eigenvalue weighted by Gasteiger charge is 2.21. The van der Waals surface area contributed by atoms with Crippen LogP contribution in [0.1, 0.15) is 22.8 Å². The summed E-state index contributed by atoms with van der Waals surface area (Å²) in [6.45, 7) is 2.70. The van der Waals surface area contributed by atoms with Crippen LogP contribution in [0.2, 0.25) is 0 Å². The van der Waals surface area contributed by atoms with Crippen LogP contribution in [0.4, 0.5) is 5.69 Å². The maximum absolute atomic E-state index is 12.9. The first-order valence-electron chi connectivity index (χ1n) is 10.2. The molecule has 172 valence electrons. The minimum atomic E-state index is -3.65. The number of nitrogens with zero attached hydrogens (tertiary/aromatic N) is 1. The van der Waals surface area contributed by atoms with E-state index in [-0.39, 0.29) is 22.5 Å². The molecule has 3 aromatic carbocycles. The topological polar surface area (TPSA) is 87.7 Å². The number of thiocarbonyl (C=S) groups is 1. The summed E-state index contributed by atoms with van der Waals surface area (Å²) in [6, 6.07) is 22.3. The van der Waals surface area contributed by atoms with Crippen molar-refractivity contribution in [3.8, 4) is 5.75 Å². The van der Waals surface area contributed by atoms with E-state index < -0.39 is 10.0 Å². The summed E-state index contributed by atoms with van der Waals surface area (Å²) in [5.41, 5.74) is 1.89. The van der Waals surface area contributed by atoms with Gasteiger partial charge >= 0.3 is 0 Å². The first-order chi connectivity index (χ1) is 15.8. The molecule has 9 heteroatoms. The second-order valence-electron chi connectivity index (χ2n) is 7.14. The van der Waals surface area contributed by atoms with E-state index >= 15 is 0 Å². The van der Waals surface area contributed by atoms with Gasteiger partial charge in [-0.3, -0.25) is 10.1 Å². The molecule has 0 atom stereocenters. The Hall–Kier alpha value is -3.27. The minimum Gasteiger partial charge on any atom is -0.494 e. The molecule has 3 rings (SSSR count). The van der Waals surface area contributed by atoms with E-state index in [0.29, 0.717) is 23.6 Å². The fraction of sp³-hybridized carbons (Fsp3) is 0.167. The average molecular weight is 484 g/mol. The van der Waals surface area contributed by atoms with E-state index in [1.807, 2.05) is 37.3 Å². The van der Waals surface area contributed by atoms with Gasteiger partial charge in [0.2, 0.25) is 10.0 Å². The fourth-order valence-corrected chi connectivity index (χ4v) is 4.39. The third-order valence-electron chi connectivity index (χ3n) is 4.72. The zero-order valence-electron chi connectivity index (χ0n) is 18.3. The maximum atomic E-state index is 12.9. The van der Waals surface area contributed by atoms with Crippen LogP contribution in [0.15, 0.2) is 83.8 Å². The summed E-state index contributed by atoms with van der Waals surface area (Å²) in [5, 5.41) is 5.59. The van der Waals surface area contributed by atoms with Crippen LogP contribution in [0.5, 0.6) is 5.75 Å². The second kappa shape index (κ2) is 11.0. The van der Waals surface area contributed by atoms with Gasteiger partial charge in [-0.15, -0.1) is 0 Å². The highest BCUT2D eigenvalue weighted by Crippen LogP contribution is 2.19. The van der Waals surface area contributed by atoms with Gasteiger partial charge in [0.15, 0.2) is 5.11 Å². The van der Waals surface area contributed by atoms with Crippen molar-refractivity contribution >= 4 is 38.9 Å². The zero-order chi connectivity index (χ0) is 23.8. The molecule has 3 aromatic rings. The molecule has 0 saturated carbocycles. The molecule has 0 aliphatic rings. The van der Waals surface area contributed by atoms with Crippen molar-refractivity contribution in [2.45, 2.75) is 18.4 Å². The van der Waals surface area contributed by atoms with Crippen LogP contribution in [0.25, 0.3) is 0 Å². The molecule has 2 N–H and O–H groups in total. The SMILES string of the molecule is CCOc1ccc(C(=O)NC(=S)Nc2ccc(S(=O)(=O)N(C)Cc3ccccc3)cc2)cc1. The quantitative estimate of drug-likeness (QED) is 0.471. The van der Waals surface area contributed by atoms with E-state index in [1.165, 1.54) is 16.4 Å². The van der Waals surface area contributed by atoms with Crippen LogP contribution in [-0.4, -0.2) is 37.4 Å². The molecule has 0 aliphatic heterocycles. The summed E-state index contributed by atoms with van der Waals surface area (Å²) in [4.78, 5) is 12.5. The van der Waals surface area contributed by atoms with Crippen LogP contribution in [0, 0.1) is 0 Å². The molecular weight excluding hydrogens is 458 g/mol. The van der Waals surface area contributed by atoms with E-state index in [0.717, 1.165) is 5.56 Å². The van der Waals surface area contributed by atoms with Crippen LogP contribution in [0.3, 0.4) is 0 Å². The third kappa shape index (κ3) is 6.61. The predicted octanol–water partition coefficient (Wildman–Crippen LogP) is 4.03. The Morgan fingerprint density at radius 3 is 2.21 bits per heavy atom. The summed E-state index contributed by atoms with van der Waals surface area (Å²) in [6.07, 6.45) is 0. The Morgan fingerprint density at radius 1 is 0.970 bits per heavy atom. The Kier molecular flexibility index (Phi) is 8.16. The second-order valence-corrected chi connectivity index (χ2v) is 9.59. The zero-order valence-corrected chi connectivity index (χ0v) is 19.9. The first kappa shape index (κ1) is 24.4. The molecule has 0 radical (unpaired) electrons. The average Bonchev–Trinajstić information content (AvgIpc) is 2.80. The molecule has 0 unspecified atom stereocenters. The van der Waals surface area contributed by atoms with Crippen molar-refractivity contribution in [3.05, 3.63) is 90.0 Å². The lowest BCUT2D eigenvalue weighted by Gasteiger charge is -2.17. The fourth-order valence-electron chi connectivity index (χ4n) is 3.02. The molecule has 0 saturated heterocycles. The summed E-state index contributed by atoms with van der Waals surface area (Å²) in [7, 11) is -2.11. The highest BCUT2D eigenvalue weighted by molar-refractivity contribution is 7.89. The van der Waals surface area contributed by atoms with Crippen molar-refractivity contribution in [1.29, 1.82) is 0 Å². The number of carbonyl (C=O) groups excluding carboxylic acids is 1. The van der Waals surface area contributed by atoms with Gasteiger partial charge in [0.05, 0.1) is 11.5 Å². The van der Waals surface area contributed by atoms with Gasteiger partial charge in [0.25, 0.3) is 5.91 Å². The number of nitrogens with one attached hydrogen (secondary N) is 2. The van der Waals surface area contributed by atoms with Crippen LogP contribution >= 0.6 is 12.2 Å². The lowest BCUT2D eigenvalue weighted by Crippen LogP contribution is -2.34. The van der Waals surface area contributed by atoms with E-state index in [4.69, 9.17) is 17.0 Å². The van der Waals surface area contributed by atoms with Crippen LogP contribution < -0.4 is 15.4 Å². The number of hydrogen-bond donors (Lipinski definition) is 2. The van der Waals surface area contributed by atoms with Crippen molar-refractivity contribution in [3.63, 3.8) is 0 Å². The van der Waals surface area contributed by atoms with E-state index in [1.54, 1.807) is 43.4 Å². The highest BCUT2D eigenvalue weighted by atomic mass is 32.2. The van der Waals surface area contributed by atoms with Gasteiger partial charge in [-0.2, -0.15) is 4.31 Å². The monoisotopic (exact) mass is 483 g/mol. The lowest BCUT2D eigenvalue weighted by atomic mass is 10.2. The molecule has 0 heterocycles. The Labute approximate surface area is 199 Å². The Morgan fingerprint density at radius 2 is 1.61 bits per heavy atom. The number of anilines is 1. The molecule has 7 nitrogen and oxygen atoms in total. The van der Waals surface area contributed by atoms with Crippen molar-refractivity contribution in [1.82, 2.24) is 9.62 Å². The van der Waals surface area contributed by atoms with Gasteiger partial charge in [-0.05, 0) is 73.2 Å². The van der Waals surface area contributed by atoms with Gasteiger partial charge in [0, 0.05) is 24.8 Å². The van der Waals surface area contributed by atoms with Gasteiger partial charge in [-0.25, -0.2) is 8.42 Å². The molecule has 0 bridgehead atoms. The van der Waals surface area contributed by atoms with Crippen LogP contribution in [-0.2, 0) is 16.6 Å². The molecule has 0 aromatic heterocycles. The minimum absolute atomic E-state index is 0.102. The van der Waals surface area contributed by atoms with Gasteiger partial charge in [0.1, 0.15) is 5.75 Å². The number of hydrogen-bond acceptors (Lipinski definition) is 5. The smallest absolute Gasteiger partial charge is 0.257 e. The Bertz CT molecular complexity index is 1200. The van der Waals surface area contributed by atoms with E-state index in [2.05, 4.69) is 10.6 Å². The van der Waals surface area contributed by atoms with Gasteiger partial charge in [-0.1, -0.05) is 30.3 Å². The number of sulfonamides is 1. The van der Waals surface area contributed by atoms with E-state index in [9.17, 15) is 13.2 Å². The molecule has 33 heavy (non-hydrogen) atoms. The molecular formula is C24H25N3O4S2. The molecule has 0 aliphatic carbocycles. The van der Waals surface area contributed by atoms with Crippen molar-refractivity contribution in [2.75, 3.05) is 19.0 Å². The summed E-state index contributed by atoms with van der Waals surface area (Å²) < 4.78 is 32.4. The van der Waals surface area contributed by atoms with Crippen molar-refractivity contribution < 1.29 is 17.9 Å². The normalized spacial score (nSPS) is 11.1. The summed E-state index contributed by atoms with van der Waals surface area (Å²) >= 11 is 5.21. The molecule has 1 amide bonds. The first-order valence-corrected chi connectivity index (χ1v) is 12.1. The lowest BCUT2D eigenvalue weighted by molar-refractivity contribution is 0.0977. The Balaban J connectivity index is 1.59. The number of benzene rings is 3. The molecule has 0 fully saturated rings. The third-order valence-corrected chi connectivity index (χ3v) is 6.74. The number of rotatable bonds is 8. The number of ether oxygens (including phenoxy) is 1. The number of amides is 1.